The van der Waals surface area contributed by atoms with Crippen LogP contribution in [0.15, 0.2) is 24.3 Å². The molecule has 1 unspecified atom stereocenters. The molecule has 0 saturated heterocycles. The fourth-order valence-electron chi connectivity index (χ4n) is 1.61. The van der Waals surface area contributed by atoms with Crippen LogP contribution in [0.2, 0.25) is 0 Å². The lowest BCUT2D eigenvalue weighted by Gasteiger charge is -2.10. The molecular weight excluding hydrogens is 248 g/mol. The third-order valence-electron chi connectivity index (χ3n) is 2.43. The lowest BCUT2D eigenvalue weighted by atomic mass is 10.1. The van der Waals surface area contributed by atoms with Crippen molar-refractivity contribution in [1.82, 2.24) is 5.32 Å². The van der Waals surface area contributed by atoms with Crippen molar-refractivity contribution in [3.63, 3.8) is 0 Å². The molecule has 1 rings (SSSR count). The maximum atomic E-state index is 11.1. The zero-order chi connectivity index (χ0) is 13.4. The van der Waals surface area contributed by atoms with Gasteiger partial charge in [0.1, 0.15) is 0 Å². The van der Waals surface area contributed by atoms with E-state index >= 15 is 0 Å². The SMILES string of the molecule is CC(=O)Nc1ccccc1CNCCCS(C)=O. The third kappa shape index (κ3) is 5.93. The number of hydrogen-bond donors (Lipinski definition) is 2. The largest absolute Gasteiger partial charge is 0.326 e. The molecule has 0 radical (unpaired) electrons. The molecule has 18 heavy (non-hydrogen) atoms. The first-order chi connectivity index (χ1) is 8.59. The molecule has 5 heteroatoms. The van der Waals surface area contributed by atoms with Gasteiger partial charge in [-0.2, -0.15) is 0 Å². The molecule has 1 atom stereocenters. The molecule has 0 aliphatic heterocycles. The molecular formula is C13H20N2O2S. The Hall–Kier alpha value is -1.20. The minimum absolute atomic E-state index is 0.0659. The Morgan fingerprint density at radius 3 is 2.72 bits per heavy atom. The number of benzene rings is 1. The highest BCUT2D eigenvalue weighted by Crippen LogP contribution is 2.14. The lowest BCUT2D eigenvalue weighted by molar-refractivity contribution is -0.114. The van der Waals surface area contributed by atoms with Crippen molar-refractivity contribution >= 4 is 22.4 Å². The van der Waals surface area contributed by atoms with Gasteiger partial charge in [0.15, 0.2) is 0 Å². The van der Waals surface area contributed by atoms with Gasteiger partial charge < -0.3 is 10.6 Å². The number of nitrogens with one attached hydrogen (secondary N) is 2. The predicted molar refractivity (Wildman–Crippen MR) is 76.0 cm³/mol. The van der Waals surface area contributed by atoms with Gasteiger partial charge in [-0.3, -0.25) is 9.00 Å². The molecule has 0 fully saturated rings. The first kappa shape index (κ1) is 14.9. The molecule has 0 aliphatic rings. The van der Waals surface area contributed by atoms with E-state index in [1.165, 1.54) is 6.92 Å². The molecule has 100 valence electrons. The molecule has 0 saturated carbocycles. The third-order valence-corrected chi connectivity index (χ3v) is 3.29. The summed E-state index contributed by atoms with van der Waals surface area (Å²) in [6, 6.07) is 7.72. The van der Waals surface area contributed by atoms with Crippen LogP contribution in [0.4, 0.5) is 5.69 Å². The van der Waals surface area contributed by atoms with Crippen molar-refractivity contribution in [2.75, 3.05) is 23.9 Å². The molecule has 0 spiro atoms. The minimum Gasteiger partial charge on any atom is -0.326 e. The molecule has 0 aromatic heterocycles. The van der Waals surface area contributed by atoms with Crippen LogP contribution in [-0.4, -0.2) is 28.7 Å². The molecule has 1 amide bonds. The van der Waals surface area contributed by atoms with Gasteiger partial charge in [-0.1, -0.05) is 18.2 Å². The van der Waals surface area contributed by atoms with E-state index in [0.29, 0.717) is 6.54 Å². The summed E-state index contributed by atoms with van der Waals surface area (Å²) >= 11 is 0. The monoisotopic (exact) mass is 268 g/mol. The van der Waals surface area contributed by atoms with E-state index in [1.54, 1.807) is 6.26 Å². The summed E-state index contributed by atoms with van der Waals surface area (Å²) in [5.41, 5.74) is 1.90. The quantitative estimate of drug-likeness (QED) is 0.737. The van der Waals surface area contributed by atoms with Gasteiger partial charge in [-0.25, -0.2) is 0 Å². The molecule has 0 bridgehead atoms. The van der Waals surface area contributed by atoms with Crippen molar-refractivity contribution in [2.45, 2.75) is 19.9 Å². The Bertz CT molecular complexity index is 421. The Balaban J connectivity index is 2.41. The highest BCUT2D eigenvalue weighted by molar-refractivity contribution is 7.84. The second-order valence-corrected chi connectivity index (χ2v) is 5.70. The second-order valence-electron chi connectivity index (χ2n) is 4.15. The van der Waals surface area contributed by atoms with Gasteiger partial charge >= 0.3 is 0 Å². The zero-order valence-electron chi connectivity index (χ0n) is 10.9. The smallest absolute Gasteiger partial charge is 0.221 e. The van der Waals surface area contributed by atoms with Crippen molar-refractivity contribution in [1.29, 1.82) is 0 Å². The molecule has 2 N–H and O–H groups in total. The average molecular weight is 268 g/mol. The van der Waals surface area contributed by atoms with Crippen LogP contribution in [0.1, 0.15) is 18.9 Å². The van der Waals surface area contributed by atoms with Gasteiger partial charge in [0.2, 0.25) is 5.91 Å². The van der Waals surface area contributed by atoms with Crippen molar-refractivity contribution < 1.29 is 9.00 Å². The molecule has 0 heterocycles. The van der Waals surface area contributed by atoms with Crippen LogP contribution in [-0.2, 0) is 22.1 Å². The van der Waals surface area contributed by atoms with Gasteiger partial charge in [0, 0.05) is 42.0 Å². The number of carbonyl (C=O) groups excluding carboxylic acids is 1. The summed E-state index contributed by atoms with van der Waals surface area (Å²) < 4.78 is 10.9. The number of carbonyl (C=O) groups is 1. The Morgan fingerprint density at radius 1 is 1.33 bits per heavy atom. The minimum atomic E-state index is -0.723. The highest BCUT2D eigenvalue weighted by atomic mass is 32.2. The number of amides is 1. The summed E-state index contributed by atoms with van der Waals surface area (Å²) in [5.74, 6) is 0.657. The first-order valence-corrected chi connectivity index (χ1v) is 7.68. The fraction of sp³-hybridized carbons (Fsp3) is 0.462. The van der Waals surface area contributed by atoms with Crippen molar-refractivity contribution in [3.05, 3.63) is 29.8 Å². The fourth-order valence-corrected chi connectivity index (χ4v) is 2.16. The zero-order valence-corrected chi connectivity index (χ0v) is 11.7. The average Bonchev–Trinajstić information content (AvgIpc) is 2.29. The lowest BCUT2D eigenvalue weighted by Crippen LogP contribution is -2.18. The highest BCUT2D eigenvalue weighted by Gasteiger charge is 2.02. The normalized spacial score (nSPS) is 12.1. The van der Waals surface area contributed by atoms with Crippen LogP contribution in [0.3, 0.4) is 0 Å². The summed E-state index contributed by atoms with van der Waals surface area (Å²) in [7, 11) is -0.723. The number of hydrogen-bond acceptors (Lipinski definition) is 3. The van der Waals surface area contributed by atoms with Crippen LogP contribution < -0.4 is 10.6 Å². The van der Waals surface area contributed by atoms with Crippen molar-refractivity contribution in [2.24, 2.45) is 0 Å². The van der Waals surface area contributed by atoms with Crippen LogP contribution in [0.5, 0.6) is 0 Å². The van der Waals surface area contributed by atoms with Crippen molar-refractivity contribution in [3.8, 4) is 0 Å². The number of anilines is 1. The topological polar surface area (TPSA) is 58.2 Å². The summed E-state index contributed by atoms with van der Waals surface area (Å²) in [6.07, 6.45) is 2.61. The summed E-state index contributed by atoms with van der Waals surface area (Å²) in [5, 5.41) is 6.09. The van der Waals surface area contributed by atoms with E-state index < -0.39 is 10.8 Å². The maximum absolute atomic E-state index is 11.1. The summed E-state index contributed by atoms with van der Waals surface area (Å²) in [4.78, 5) is 11.1. The van der Waals surface area contributed by atoms with E-state index in [-0.39, 0.29) is 5.91 Å². The van der Waals surface area contributed by atoms with E-state index in [4.69, 9.17) is 0 Å². The number of para-hydroxylation sites is 1. The van der Waals surface area contributed by atoms with Gasteiger partial charge in [-0.05, 0) is 24.6 Å². The molecule has 1 aromatic carbocycles. The van der Waals surface area contributed by atoms with Gasteiger partial charge in [0.05, 0.1) is 0 Å². The van der Waals surface area contributed by atoms with Crippen LogP contribution in [0, 0.1) is 0 Å². The number of rotatable bonds is 7. The van der Waals surface area contributed by atoms with Gasteiger partial charge in [0.25, 0.3) is 0 Å². The first-order valence-electron chi connectivity index (χ1n) is 5.96. The molecule has 4 nitrogen and oxygen atoms in total. The molecule has 1 aromatic rings. The maximum Gasteiger partial charge on any atom is 0.221 e. The Kier molecular flexibility index (Phi) is 6.60. The van der Waals surface area contributed by atoms with Crippen LogP contribution >= 0.6 is 0 Å². The van der Waals surface area contributed by atoms with E-state index in [0.717, 1.165) is 30.0 Å². The standard InChI is InChI=1S/C13H20N2O2S/c1-11(16)15-13-7-4-3-6-12(13)10-14-8-5-9-18(2)17/h3-4,6-7,14H,5,8-10H2,1-2H3,(H,15,16). The van der Waals surface area contributed by atoms with E-state index in [2.05, 4.69) is 10.6 Å². The summed E-state index contributed by atoms with van der Waals surface area (Å²) in [6.45, 7) is 3.03. The Labute approximate surface area is 111 Å². The second kappa shape index (κ2) is 8.00. The van der Waals surface area contributed by atoms with Gasteiger partial charge in [-0.15, -0.1) is 0 Å². The van der Waals surface area contributed by atoms with E-state index in [9.17, 15) is 9.00 Å². The Morgan fingerprint density at radius 2 is 2.06 bits per heavy atom. The molecule has 0 aliphatic carbocycles. The van der Waals surface area contributed by atoms with E-state index in [1.807, 2.05) is 24.3 Å². The van der Waals surface area contributed by atoms with Crippen LogP contribution in [0.25, 0.3) is 0 Å². The predicted octanol–water partition coefficient (Wildman–Crippen LogP) is 1.50.